The third-order valence-corrected chi connectivity index (χ3v) is 8.81. The first-order valence-corrected chi connectivity index (χ1v) is 21.5. The molecule has 0 radical (unpaired) electrons. The van der Waals surface area contributed by atoms with Crippen LogP contribution in [-0.4, -0.2) is 41.0 Å². The van der Waals surface area contributed by atoms with Gasteiger partial charge in [-0.05, 0) is 77.0 Å². The molecule has 2 N–H and O–H groups in total. The van der Waals surface area contributed by atoms with Gasteiger partial charge in [0.1, 0.15) is 6.61 Å². The predicted octanol–water partition coefficient (Wildman–Crippen LogP) is 12.0. The van der Waals surface area contributed by atoms with Crippen LogP contribution in [0.5, 0.6) is 0 Å². The van der Waals surface area contributed by atoms with E-state index in [9.17, 15) is 14.2 Å². The molecule has 0 heterocycles. The number of ether oxygens (including phenoxy) is 2. The normalized spacial score (nSPS) is 13.0. The van der Waals surface area contributed by atoms with Crippen molar-refractivity contribution in [2.45, 2.75) is 187 Å². The molecular weight excluding hydrogens is 651 g/mol. The number of carbonyl (C=O) groups excluding carboxylic acids is 2. The number of phosphoric ester groups is 1. The molecule has 0 rings (SSSR count). The molecule has 50 heavy (non-hydrogen) atoms. The molecule has 0 amide bonds. The Bertz CT molecular complexity index is 952. The molecule has 0 aliphatic carbocycles. The lowest BCUT2D eigenvalue weighted by Crippen LogP contribution is -2.29. The van der Waals surface area contributed by atoms with Gasteiger partial charge in [0.05, 0.1) is 6.61 Å². The summed E-state index contributed by atoms with van der Waals surface area (Å²) in [4.78, 5) is 42.8. The Labute approximate surface area is 305 Å². The molecule has 0 aliphatic heterocycles. The Morgan fingerprint density at radius 2 is 0.900 bits per heavy atom. The van der Waals surface area contributed by atoms with Crippen LogP contribution in [0, 0.1) is 0 Å². The van der Waals surface area contributed by atoms with Gasteiger partial charge in [0.25, 0.3) is 0 Å². The molecule has 8 nitrogen and oxygen atoms in total. The van der Waals surface area contributed by atoms with E-state index >= 15 is 0 Å². The van der Waals surface area contributed by atoms with Gasteiger partial charge >= 0.3 is 19.8 Å². The van der Waals surface area contributed by atoms with E-state index in [1.165, 1.54) is 77.0 Å². The highest BCUT2D eigenvalue weighted by molar-refractivity contribution is 7.46. The molecule has 0 aromatic rings. The molecule has 0 aliphatic rings. The smallest absolute Gasteiger partial charge is 0.462 e. The van der Waals surface area contributed by atoms with Crippen molar-refractivity contribution in [1.29, 1.82) is 0 Å². The summed E-state index contributed by atoms with van der Waals surface area (Å²) < 4.78 is 26.3. The molecule has 0 fully saturated rings. The molecule has 0 spiro atoms. The lowest BCUT2D eigenvalue weighted by atomic mass is 10.1. The standard InChI is InChI=1S/C41H73O8P/c1-3-5-7-9-11-13-15-17-19-20-22-24-26-28-30-32-34-36-41(43)49-39(38-48-50(44,45)46)37-47-40(42)35-33-31-29-27-25-23-21-18-16-14-12-10-8-6-4-2/h11,13-14,16-17,19,22,24,39H,3-10,12,15,18,20-21,23,25-38H2,1-2H3,(H2,44,45,46)/b13-11+,16-14+,19-17+,24-22+/t39-/m1/s1. The summed E-state index contributed by atoms with van der Waals surface area (Å²) in [6.07, 6.45) is 43.9. The van der Waals surface area contributed by atoms with E-state index in [4.69, 9.17) is 19.3 Å². The number of hydrogen-bond donors (Lipinski definition) is 2. The maximum Gasteiger partial charge on any atom is 0.469 e. The van der Waals surface area contributed by atoms with E-state index in [0.29, 0.717) is 12.8 Å². The second-order valence-electron chi connectivity index (χ2n) is 13.2. The zero-order valence-electron chi connectivity index (χ0n) is 31.8. The Balaban J connectivity index is 4.00. The molecule has 0 aromatic heterocycles. The van der Waals surface area contributed by atoms with Gasteiger partial charge in [-0.25, -0.2) is 4.57 Å². The Hall–Kier alpha value is -1.99. The Morgan fingerprint density at radius 1 is 0.520 bits per heavy atom. The van der Waals surface area contributed by atoms with E-state index in [1.807, 2.05) is 0 Å². The molecule has 0 aromatic carbocycles. The first kappa shape index (κ1) is 48.0. The van der Waals surface area contributed by atoms with Crippen LogP contribution in [0.1, 0.15) is 181 Å². The molecule has 9 heteroatoms. The average molecular weight is 725 g/mol. The molecule has 290 valence electrons. The number of phosphoric acid groups is 1. The number of unbranched alkanes of at least 4 members (excludes halogenated alkanes) is 18. The predicted molar refractivity (Wildman–Crippen MR) is 207 cm³/mol. The lowest BCUT2D eigenvalue weighted by Gasteiger charge is -2.18. The highest BCUT2D eigenvalue weighted by atomic mass is 31.2. The minimum atomic E-state index is -4.76. The van der Waals surface area contributed by atoms with Crippen molar-refractivity contribution in [2.24, 2.45) is 0 Å². The summed E-state index contributed by atoms with van der Waals surface area (Å²) >= 11 is 0. The van der Waals surface area contributed by atoms with E-state index < -0.39 is 32.5 Å². The summed E-state index contributed by atoms with van der Waals surface area (Å²) in [5.41, 5.74) is 0. The summed E-state index contributed by atoms with van der Waals surface area (Å²) in [7, 11) is -4.76. The summed E-state index contributed by atoms with van der Waals surface area (Å²) in [6.45, 7) is 3.62. The van der Waals surface area contributed by atoms with Gasteiger partial charge in [0.2, 0.25) is 0 Å². The first-order chi connectivity index (χ1) is 24.3. The highest BCUT2D eigenvalue weighted by Crippen LogP contribution is 2.36. The fourth-order valence-corrected chi connectivity index (χ4v) is 5.67. The molecular formula is C41H73O8P. The van der Waals surface area contributed by atoms with Crippen LogP contribution in [0.4, 0.5) is 0 Å². The van der Waals surface area contributed by atoms with Gasteiger partial charge in [-0.2, -0.15) is 0 Å². The van der Waals surface area contributed by atoms with Gasteiger partial charge in [-0.1, -0.05) is 140 Å². The average Bonchev–Trinajstić information content (AvgIpc) is 3.08. The van der Waals surface area contributed by atoms with E-state index in [2.05, 4.69) is 67.0 Å². The molecule has 0 unspecified atom stereocenters. The highest BCUT2D eigenvalue weighted by Gasteiger charge is 2.22. The van der Waals surface area contributed by atoms with Gasteiger partial charge in [0, 0.05) is 12.8 Å². The van der Waals surface area contributed by atoms with E-state index in [-0.39, 0.29) is 19.4 Å². The summed E-state index contributed by atoms with van der Waals surface area (Å²) in [6, 6.07) is 0. The SMILES string of the molecule is CCCCC/C=C/C/C=C/C/C=C/CCCCCCC(=O)O[C@H](COC(=O)CCCCCCCCC/C=C/CCCCCC)COP(=O)(O)O. The van der Waals surface area contributed by atoms with Crippen LogP contribution in [0.25, 0.3) is 0 Å². The zero-order chi connectivity index (χ0) is 36.8. The van der Waals surface area contributed by atoms with Crippen molar-refractivity contribution in [3.05, 3.63) is 48.6 Å². The lowest BCUT2D eigenvalue weighted by molar-refractivity contribution is -0.161. The topological polar surface area (TPSA) is 119 Å². The number of allylic oxidation sites excluding steroid dienone is 8. The summed E-state index contributed by atoms with van der Waals surface area (Å²) in [5, 5.41) is 0. The quantitative estimate of drug-likeness (QED) is 0.0284. The number of carbonyl (C=O) groups is 2. The fourth-order valence-electron chi connectivity index (χ4n) is 5.31. The molecule has 0 saturated carbocycles. The van der Waals surface area contributed by atoms with Crippen molar-refractivity contribution in [2.75, 3.05) is 13.2 Å². The van der Waals surface area contributed by atoms with E-state index in [0.717, 1.165) is 64.2 Å². The van der Waals surface area contributed by atoms with Crippen LogP contribution in [-0.2, 0) is 28.2 Å². The largest absolute Gasteiger partial charge is 0.469 e. The number of esters is 2. The Morgan fingerprint density at radius 3 is 1.40 bits per heavy atom. The fraction of sp³-hybridized carbons (Fsp3) is 0.756. The van der Waals surface area contributed by atoms with Crippen molar-refractivity contribution in [3.63, 3.8) is 0 Å². The first-order valence-electron chi connectivity index (χ1n) is 19.9. The van der Waals surface area contributed by atoms with Gasteiger partial charge in [-0.3, -0.25) is 14.1 Å². The zero-order valence-corrected chi connectivity index (χ0v) is 32.7. The molecule has 0 bridgehead atoms. The summed E-state index contributed by atoms with van der Waals surface area (Å²) in [5.74, 6) is -0.916. The third kappa shape index (κ3) is 38.8. The van der Waals surface area contributed by atoms with Crippen LogP contribution in [0.3, 0.4) is 0 Å². The van der Waals surface area contributed by atoms with E-state index in [1.54, 1.807) is 0 Å². The number of rotatable bonds is 36. The third-order valence-electron chi connectivity index (χ3n) is 8.32. The van der Waals surface area contributed by atoms with Gasteiger partial charge < -0.3 is 19.3 Å². The Kier molecular flexibility index (Phi) is 35.3. The second-order valence-corrected chi connectivity index (χ2v) is 14.5. The minimum Gasteiger partial charge on any atom is -0.462 e. The second kappa shape index (κ2) is 36.8. The van der Waals surface area contributed by atoms with Crippen molar-refractivity contribution >= 4 is 19.8 Å². The molecule has 0 saturated heterocycles. The van der Waals surface area contributed by atoms with Crippen molar-refractivity contribution in [1.82, 2.24) is 0 Å². The maximum absolute atomic E-state index is 12.4. The van der Waals surface area contributed by atoms with Gasteiger partial charge in [0.15, 0.2) is 6.10 Å². The maximum atomic E-state index is 12.4. The minimum absolute atomic E-state index is 0.184. The monoisotopic (exact) mass is 725 g/mol. The molecule has 1 atom stereocenters. The van der Waals surface area contributed by atoms with Gasteiger partial charge in [-0.15, -0.1) is 0 Å². The van der Waals surface area contributed by atoms with Crippen LogP contribution in [0.15, 0.2) is 48.6 Å². The number of hydrogen-bond acceptors (Lipinski definition) is 6. The van der Waals surface area contributed by atoms with Crippen molar-refractivity contribution < 1.29 is 37.9 Å². The van der Waals surface area contributed by atoms with Crippen LogP contribution >= 0.6 is 7.82 Å². The van der Waals surface area contributed by atoms with Crippen molar-refractivity contribution in [3.8, 4) is 0 Å². The van der Waals surface area contributed by atoms with Crippen LogP contribution in [0.2, 0.25) is 0 Å². The van der Waals surface area contributed by atoms with Crippen LogP contribution < -0.4 is 0 Å².